The molecule has 0 amide bonds. The summed E-state index contributed by atoms with van der Waals surface area (Å²) in [6.07, 6.45) is 0. The van der Waals surface area contributed by atoms with E-state index in [1.807, 2.05) is 0 Å². The van der Waals surface area contributed by atoms with Crippen molar-refractivity contribution in [2.24, 2.45) is 0 Å². The molecule has 18 heavy (non-hydrogen) atoms. The van der Waals surface area contributed by atoms with Crippen LogP contribution in [0.25, 0.3) is 0 Å². The number of hydrogen-bond acceptors (Lipinski definition) is 3. The molecular weight excluding hydrogens is 275 g/mol. The van der Waals surface area contributed by atoms with E-state index in [2.05, 4.69) is 0 Å². The van der Waals surface area contributed by atoms with Gasteiger partial charge in [0.1, 0.15) is 16.5 Å². The Morgan fingerprint density at radius 1 is 0.889 bits per heavy atom. The Labute approximate surface area is 113 Å². The number of phenols is 2. The molecule has 0 spiro atoms. The third-order valence-corrected chi connectivity index (χ3v) is 3.31. The van der Waals surface area contributed by atoms with Crippen molar-refractivity contribution in [3.63, 3.8) is 0 Å². The zero-order valence-electron chi connectivity index (χ0n) is 9.02. The SMILES string of the molecule is O=C(c1ccc(O)cc1)c1ccc(O)c(Cl)c1Cl. The van der Waals surface area contributed by atoms with Crippen LogP contribution in [0.5, 0.6) is 11.5 Å². The van der Waals surface area contributed by atoms with Crippen LogP contribution < -0.4 is 0 Å². The van der Waals surface area contributed by atoms with Crippen LogP contribution in [0.3, 0.4) is 0 Å². The quantitative estimate of drug-likeness (QED) is 0.827. The van der Waals surface area contributed by atoms with Gasteiger partial charge in [0.05, 0.1) is 5.02 Å². The van der Waals surface area contributed by atoms with E-state index in [1.54, 1.807) is 0 Å². The number of rotatable bonds is 2. The third-order valence-electron chi connectivity index (χ3n) is 2.44. The van der Waals surface area contributed by atoms with Gasteiger partial charge in [0.2, 0.25) is 0 Å². The molecule has 0 radical (unpaired) electrons. The molecule has 0 saturated heterocycles. The predicted molar refractivity (Wildman–Crippen MR) is 69.7 cm³/mol. The average Bonchev–Trinajstić information content (AvgIpc) is 2.36. The van der Waals surface area contributed by atoms with Gasteiger partial charge >= 0.3 is 0 Å². The van der Waals surface area contributed by atoms with Crippen LogP contribution in [0.1, 0.15) is 15.9 Å². The molecule has 0 unspecified atom stereocenters. The molecule has 0 saturated carbocycles. The molecule has 3 nitrogen and oxygen atoms in total. The van der Waals surface area contributed by atoms with E-state index in [9.17, 15) is 9.90 Å². The van der Waals surface area contributed by atoms with E-state index in [0.717, 1.165) is 0 Å². The Kier molecular flexibility index (Phi) is 3.45. The van der Waals surface area contributed by atoms with Gasteiger partial charge in [-0.3, -0.25) is 4.79 Å². The van der Waals surface area contributed by atoms with Crippen LogP contribution in [-0.2, 0) is 0 Å². The molecule has 2 rings (SSSR count). The van der Waals surface area contributed by atoms with E-state index in [0.29, 0.717) is 5.56 Å². The maximum Gasteiger partial charge on any atom is 0.194 e. The lowest BCUT2D eigenvalue weighted by Gasteiger charge is -2.06. The fourth-order valence-electron chi connectivity index (χ4n) is 1.48. The predicted octanol–water partition coefficient (Wildman–Crippen LogP) is 3.64. The van der Waals surface area contributed by atoms with Crippen LogP contribution >= 0.6 is 23.2 Å². The lowest BCUT2D eigenvalue weighted by Crippen LogP contribution is -2.02. The highest BCUT2D eigenvalue weighted by molar-refractivity contribution is 6.45. The van der Waals surface area contributed by atoms with E-state index >= 15 is 0 Å². The number of halogens is 2. The zero-order valence-corrected chi connectivity index (χ0v) is 10.5. The van der Waals surface area contributed by atoms with Crippen molar-refractivity contribution in [3.05, 3.63) is 57.6 Å². The summed E-state index contributed by atoms with van der Waals surface area (Å²) in [7, 11) is 0. The van der Waals surface area contributed by atoms with Crippen LogP contribution in [-0.4, -0.2) is 16.0 Å². The minimum absolute atomic E-state index is 0.00902. The Balaban J connectivity index is 2.46. The van der Waals surface area contributed by atoms with Crippen LogP contribution in [0, 0.1) is 0 Å². The highest BCUT2D eigenvalue weighted by Gasteiger charge is 2.16. The van der Waals surface area contributed by atoms with Gasteiger partial charge in [-0.1, -0.05) is 23.2 Å². The van der Waals surface area contributed by atoms with E-state index in [-0.39, 0.29) is 32.9 Å². The fourth-order valence-corrected chi connectivity index (χ4v) is 1.89. The summed E-state index contributed by atoms with van der Waals surface area (Å²) in [5, 5.41) is 18.5. The summed E-state index contributed by atoms with van der Waals surface area (Å²) in [5.41, 5.74) is 0.571. The van der Waals surface area contributed by atoms with Crippen LogP contribution in [0.2, 0.25) is 10.0 Å². The summed E-state index contributed by atoms with van der Waals surface area (Å²) < 4.78 is 0. The highest BCUT2D eigenvalue weighted by atomic mass is 35.5. The molecule has 0 fully saturated rings. The Hall–Kier alpha value is -1.71. The maximum absolute atomic E-state index is 12.1. The Morgan fingerprint density at radius 2 is 1.50 bits per heavy atom. The molecule has 0 bridgehead atoms. The second kappa shape index (κ2) is 4.88. The number of hydrogen-bond donors (Lipinski definition) is 2. The van der Waals surface area contributed by atoms with Gasteiger partial charge < -0.3 is 10.2 Å². The minimum Gasteiger partial charge on any atom is -0.508 e. The highest BCUT2D eigenvalue weighted by Crippen LogP contribution is 2.34. The number of benzene rings is 2. The molecule has 0 aliphatic rings. The number of carbonyl (C=O) groups excluding carboxylic acids is 1. The molecule has 0 aromatic heterocycles. The molecule has 2 aromatic carbocycles. The summed E-state index contributed by atoms with van der Waals surface area (Å²) in [6, 6.07) is 8.48. The number of aromatic hydroxyl groups is 2. The first-order valence-corrected chi connectivity index (χ1v) is 5.77. The molecule has 92 valence electrons. The largest absolute Gasteiger partial charge is 0.508 e. The molecule has 0 aliphatic carbocycles. The van der Waals surface area contributed by atoms with Gasteiger partial charge in [-0.25, -0.2) is 0 Å². The Morgan fingerprint density at radius 3 is 2.11 bits per heavy atom. The maximum atomic E-state index is 12.1. The molecule has 5 heteroatoms. The molecular formula is C13H8Cl2O3. The lowest BCUT2D eigenvalue weighted by atomic mass is 10.0. The topological polar surface area (TPSA) is 57.5 Å². The summed E-state index contributed by atoms with van der Waals surface area (Å²) in [5.74, 6) is -0.438. The fraction of sp³-hybridized carbons (Fsp3) is 0. The van der Waals surface area contributed by atoms with Gasteiger partial charge in [-0.05, 0) is 36.4 Å². The third kappa shape index (κ3) is 2.28. The lowest BCUT2D eigenvalue weighted by molar-refractivity contribution is 0.103. The van der Waals surface area contributed by atoms with Crippen LogP contribution in [0.4, 0.5) is 0 Å². The monoisotopic (exact) mass is 282 g/mol. The van der Waals surface area contributed by atoms with Crippen molar-refractivity contribution < 1.29 is 15.0 Å². The summed E-state index contributed by atoms with van der Waals surface area (Å²) in [6.45, 7) is 0. The normalized spacial score (nSPS) is 10.3. The first-order valence-electron chi connectivity index (χ1n) is 5.01. The summed E-state index contributed by atoms with van der Waals surface area (Å²) in [4.78, 5) is 12.1. The molecule has 2 aromatic rings. The van der Waals surface area contributed by atoms with E-state index < -0.39 is 0 Å². The first-order chi connectivity index (χ1) is 8.50. The van der Waals surface area contributed by atoms with Gasteiger partial charge in [-0.2, -0.15) is 0 Å². The zero-order chi connectivity index (χ0) is 13.3. The molecule has 0 aliphatic heterocycles. The van der Waals surface area contributed by atoms with E-state index in [4.69, 9.17) is 28.3 Å². The van der Waals surface area contributed by atoms with Crippen molar-refractivity contribution >= 4 is 29.0 Å². The number of phenolic OH excluding ortho intramolecular Hbond substituents is 2. The van der Waals surface area contributed by atoms with Crippen molar-refractivity contribution in [1.29, 1.82) is 0 Å². The smallest absolute Gasteiger partial charge is 0.194 e. The molecule has 2 N–H and O–H groups in total. The van der Waals surface area contributed by atoms with E-state index in [1.165, 1.54) is 36.4 Å². The first kappa shape index (κ1) is 12.7. The standard InChI is InChI=1S/C13H8Cl2O3/c14-11-9(5-6-10(17)12(11)15)13(18)7-1-3-8(16)4-2-7/h1-6,16-17H. The number of carbonyl (C=O) groups is 1. The van der Waals surface area contributed by atoms with Crippen molar-refractivity contribution in [3.8, 4) is 11.5 Å². The van der Waals surface area contributed by atoms with Crippen LogP contribution in [0.15, 0.2) is 36.4 Å². The van der Waals surface area contributed by atoms with Crippen molar-refractivity contribution in [2.45, 2.75) is 0 Å². The molecule has 0 atom stereocenters. The van der Waals surface area contributed by atoms with Gasteiger partial charge in [0.15, 0.2) is 5.78 Å². The second-order valence-electron chi connectivity index (χ2n) is 3.64. The summed E-state index contributed by atoms with van der Waals surface area (Å²) >= 11 is 11.7. The number of ketones is 1. The molecule has 0 heterocycles. The average molecular weight is 283 g/mol. The Bertz CT molecular complexity index is 606. The minimum atomic E-state index is -0.332. The van der Waals surface area contributed by atoms with Crippen molar-refractivity contribution in [1.82, 2.24) is 0 Å². The van der Waals surface area contributed by atoms with Gasteiger partial charge in [0.25, 0.3) is 0 Å². The van der Waals surface area contributed by atoms with Gasteiger partial charge in [0, 0.05) is 11.1 Å². The second-order valence-corrected chi connectivity index (χ2v) is 4.39. The van der Waals surface area contributed by atoms with Crippen molar-refractivity contribution in [2.75, 3.05) is 0 Å². The van der Waals surface area contributed by atoms with Gasteiger partial charge in [-0.15, -0.1) is 0 Å².